The molecule has 0 fully saturated rings. The molecule has 8 heteroatoms. The van der Waals surface area contributed by atoms with Crippen LogP contribution in [0.1, 0.15) is 26.5 Å². The summed E-state index contributed by atoms with van der Waals surface area (Å²) in [6.45, 7) is 3.07. The van der Waals surface area contributed by atoms with Gasteiger partial charge in [-0.2, -0.15) is 10.2 Å². The quantitative estimate of drug-likeness (QED) is 0.396. The van der Waals surface area contributed by atoms with Crippen molar-refractivity contribution in [3.8, 4) is 0 Å². The lowest BCUT2D eigenvalue weighted by atomic mass is 10.2. The maximum atomic E-state index is 13.2. The maximum absolute atomic E-state index is 13.2. The van der Waals surface area contributed by atoms with E-state index in [2.05, 4.69) is 15.5 Å². The highest BCUT2D eigenvalue weighted by atomic mass is 32.1. The van der Waals surface area contributed by atoms with Crippen molar-refractivity contribution in [2.45, 2.75) is 20.0 Å². The Kier molecular flexibility index (Phi) is 5.28. The number of aryl methyl sites for hydroxylation is 1. The van der Waals surface area contributed by atoms with E-state index >= 15 is 0 Å². The van der Waals surface area contributed by atoms with E-state index in [1.807, 2.05) is 54.2 Å². The van der Waals surface area contributed by atoms with Crippen LogP contribution in [0.15, 0.2) is 73.1 Å². The third-order valence-electron chi connectivity index (χ3n) is 5.16. The van der Waals surface area contributed by atoms with Gasteiger partial charge in [-0.3, -0.25) is 14.2 Å². The number of nitrogens with one attached hydrogen (secondary N) is 1. The van der Waals surface area contributed by atoms with Gasteiger partial charge >= 0.3 is 0 Å². The molecule has 0 radical (unpaired) electrons. The minimum Gasteiger partial charge on any atom is -0.319 e. The van der Waals surface area contributed by atoms with Gasteiger partial charge in [-0.05, 0) is 36.2 Å². The lowest BCUT2D eigenvalue weighted by Crippen LogP contribution is -2.09. The highest BCUT2D eigenvalue weighted by molar-refractivity contribution is 7.20. The Balaban J connectivity index is 1.32. The molecule has 0 spiro atoms. The number of halogens is 1. The number of anilines is 1. The van der Waals surface area contributed by atoms with Crippen molar-refractivity contribution in [2.75, 3.05) is 5.32 Å². The van der Waals surface area contributed by atoms with Crippen LogP contribution in [0.4, 0.5) is 10.1 Å². The molecule has 5 rings (SSSR count). The first-order valence-electron chi connectivity index (χ1n) is 10.1. The van der Waals surface area contributed by atoms with E-state index in [0.717, 1.165) is 27.0 Å². The minimum absolute atomic E-state index is 0.182. The summed E-state index contributed by atoms with van der Waals surface area (Å²) in [7, 11) is 0. The van der Waals surface area contributed by atoms with Crippen molar-refractivity contribution < 1.29 is 9.18 Å². The van der Waals surface area contributed by atoms with E-state index in [9.17, 15) is 9.18 Å². The predicted molar refractivity (Wildman–Crippen MR) is 124 cm³/mol. The first-order valence-corrected chi connectivity index (χ1v) is 11.0. The summed E-state index contributed by atoms with van der Waals surface area (Å²) in [6.07, 6.45) is 3.47. The average molecular weight is 446 g/mol. The summed E-state index contributed by atoms with van der Waals surface area (Å²) in [5.74, 6) is -0.448. The topological polar surface area (TPSA) is 64.7 Å². The van der Waals surface area contributed by atoms with Crippen molar-refractivity contribution in [1.29, 1.82) is 0 Å². The summed E-state index contributed by atoms with van der Waals surface area (Å²) in [5.41, 5.74) is 3.58. The van der Waals surface area contributed by atoms with Gasteiger partial charge in [0.2, 0.25) is 0 Å². The molecule has 0 saturated heterocycles. The number of amides is 1. The van der Waals surface area contributed by atoms with Crippen LogP contribution in [0, 0.1) is 12.7 Å². The second-order valence-corrected chi connectivity index (χ2v) is 8.60. The van der Waals surface area contributed by atoms with E-state index in [1.165, 1.54) is 23.5 Å². The molecule has 2 aromatic carbocycles. The van der Waals surface area contributed by atoms with E-state index < -0.39 is 0 Å². The molecule has 0 bridgehead atoms. The molecule has 0 saturated carbocycles. The molecule has 32 heavy (non-hydrogen) atoms. The zero-order chi connectivity index (χ0) is 22.1. The van der Waals surface area contributed by atoms with E-state index in [0.29, 0.717) is 23.7 Å². The van der Waals surface area contributed by atoms with Crippen LogP contribution in [-0.4, -0.2) is 25.5 Å². The number of hydrogen-bond acceptors (Lipinski definition) is 4. The first-order chi connectivity index (χ1) is 15.5. The SMILES string of the molecule is Cc1nn(Cc2ccc(F)cc2)c2sc(C(=O)Nc3cnn(Cc4ccccc4)c3)cc12. The van der Waals surface area contributed by atoms with Crippen molar-refractivity contribution >= 4 is 33.1 Å². The van der Waals surface area contributed by atoms with Crippen LogP contribution < -0.4 is 5.32 Å². The van der Waals surface area contributed by atoms with Crippen LogP contribution in [0.25, 0.3) is 10.2 Å². The van der Waals surface area contributed by atoms with Gasteiger partial charge in [-0.25, -0.2) is 4.39 Å². The van der Waals surface area contributed by atoms with Gasteiger partial charge in [0.05, 0.1) is 35.5 Å². The number of benzene rings is 2. The Morgan fingerprint density at radius 1 is 1.06 bits per heavy atom. The highest BCUT2D eigenvalue weighted by Crippen LogP contribution is 2.29. The van der Waals surface area contributed by atoms with Crippen LogP contribution in [0.3, 0.4) is 0 Å². The summed E-state index contributed by atoms with van der Waals surface area (Å²) >= 11 is 1.39. The van der Waals surface area contributed by atoms with Crippen molar-refractivity contribution in [1.82, 2.24) is 19.6 Å². The van der Waals surface area contributed by atoms with E-state index in [-0.39, 0.29) is 11.7 Å². The normalized spacial score (nSPS) is 11.2. The molecule has 0 aliphatic rings. The summed E-state index contributed by atoms with van der Waals surface area (Å²) < 4.78 is 16.8. The van der Waals surface area contributed by atoms with E-state index in [4.69, 9.17) is 0 Å². The van der Waals surface area contributed by atoms with Gasteiger partial charge in [-0.15, -0.1) is 11.3 Å². The fourth-order valence-electron chi connectivity index (χ4n) is 3.57. The second kappa shape index (κ2) is 8.39. The lowest BCUT2D eigenvalue weighted by Gasteiger charge is -2.03. The molecule has 0 unspecified atom stereocenters. The standard InChI is InChI=1S/C24H20FN5OS/c1-16-21-11-22(32-24(21)30(28-16)14-18-7-9-19(25)10-8-18)23(31)27-20-12-26-29(15-20)13-17-5-3-2-4-6-17/h2-12,15H,13-14H2,1H3,(H,27,31). The number of carbonyl (C=O) groups excluding carboxylic acids is 1. The third kappa shape index (κ3) is 4.17. The van der Waals surface area contributed by atoms with Crippen LogP contribution in [-0.2, 0) is 13.1 Å². The smallest absolute Gasteiger partial charge is 0.265 e. The fourth-order valence-corrected chi connectivity index (χ4v) is 4.63. The molecule has 0 aliphatic carbocycles. The van der Waals surface area contributed by atoms with Gasteiger partial charge in [-0.1, -0.05) is 42.5 Å². The fraction of sp³-hybridized carbons (Fsp3) is 0.125. The first kappa shape index (κ1) is 20.1. The lowest BCUT2D eigenvalue weighted by molar-refractivity contribution is 0.103. The summed E-state index contributed by atoms with van der Waals surface area (Å²) in [6, 6.07) is 18.3. The van der Waals surface area contributed by atoms with Gasteiger partial charge in [0, 0.05) is 11.6 Å². The Bertz CT molecular complexity index is 1390. The molecule has 3 heterocycles. The minimum atomic E-state index is -0.266. The maximum Gasteiger partial charge on any atom is 0.265 e. The Morgan fingerprint density at radius 2 is 1.81 bits per heavy atom. The van der Waals surface area contributed by atoms with Gasteiger partial charge in [0.15, 0.2) is 0 Å². The van der Waals surface area contributed by atoms with Crippen LogP contribution in [0.5, 0.6) is 0 Å². The van der Waals surface area contributed by atoms with Gasteiger partial charge in [0.25, 0.3) is 5.91 Å². The van der Waals surface area contributed by atoms with Gasteiger partial charge in [0.1, 0.15) is 10.6 Å². The van der Waals surface area contributed by atoms with Crippen molar-refractivity contribution in [3.63, 3.8) is 0 Å². The Morgan fingerprint density at radius 3 is 2.59 bits per heavy atom. The number of rotatable bonds is 6. The molecular formula is C24H20FN5OS. The zero-order valence-corrected chi connectivity index (χ0v) is 18.1. The molecule has 1 amide bonds. The van der Waals surface area contributed by atoms with Crippen LogP contribution in [0.2, 0.25) is 0 Å². The van der Waals surface area contributed by atoms with Gasteiger partial charge < -0.3 is 5.32 Å². The summed E-state index contributed by atoms with van der Waals surface area (Å²) in [4.78, 5) is 14.4. The number of nitrogens with zero attached hydrogens (tertiary/aromatic N) is 4. The third-order valence-corrected chi connectivity index (χ3v) is 6.30. The molecule has 1 N–H and O–H groups in total. The molecule has 0 aliphatic heterocycles. The number of fused-ring (bicyclic) bond motifs is 1. The van der Waals surface area contributed by atoms with Crippen molar-refractivity contribution in [3.05, 3.63) is 101 Å². The number of aromatic nitrogens is 4. The Hall–Kier alpha value is -3.78. The average Bonchev–Trinajstić information content (AvgIpc) is 3.49. The van der Waals surface area contributed by atoms with E-state index in [1.54, 1.807) is 23.0 Å². The number of thiophene rings is 1. The number of hydrogen-bond donors (Lipinski definition) is 1. The molecule has 0 atom stereocenters. The monoisotopic (exact) mass is 445 g/mol. The molecule has 3 aromatic heterocycles. The van der Waals surface area contributed by atoms with Crippen molar-refractivity contribution in [2.24, 2.45) is 0 Å². The highest BCUT2D eigenvalue weighted by Gasteiger charge is 2.17. The van der Waals surface area contributed by atoms with Crippen LogP contribution >= 0.6 is 11.3 Å². The molecular weight excluding hydrogens is 425 g/mol. The number of carbonyl (C=O) groups is 1. The predicted octanol–water partition coefficient (Wildman–Crippen LogP) is 5.09. The molecule has 6 nitrogen and oxygen atoms in total. The zero-order valence-electron chi connectivity index (χ0n) is 17.3. The Labute approximate surface area is 187 Å². The largest absolute Gasteiger partial charge is 0.319 e. The molecule has 5 aromatic rings. The second-order valence-electron chi connectivity index (χ2n) is 7.57. The summed E-state index contributed by atoms with van der Waals surface area (Å²) in [5, 5.41) is 12.8. The molecule has 160 valence electrons.